The first-order valence-corrected chi connectivity index (χ1v) is 10.5. The molecule has 0 radical (unpaired) electrons. The standard InChI is InChI=1S/C21H29N5O2/c27-20-18-10-4-3-9-17(18)19(15-22-21(28)23-16-7-1-2-8-16)24-26(20)14-13-25-11-5-6-12-25/h3-4,9-10,16H,1-2,5-8,11-15H2,(H2,22,23,28). The molecule has 2 fully saturated rings. The zero-order valence-electron chi connectivity index (χ0n) is 16.3. The van der Waals surface area contributed by atoms with E-state index in [1.807, 2.05) is 24.3 Å². The van der Waals surface area contributed by atoms with Crippen LogP contribution in [0.25, 0.3) is 10.8 Å². The number of rotatable bonds is 6. The highest BCUT2D eigenvalue weighted by Gasteiger charge is 2.18. The molecule has 0 unspecified atom stereocenters. The van der Waals surface area contributed by atoms with E-state index in [2.05, 4.69) is 20.6 Å². The van der Waals surface area contributed by atoms with Crippen molar-refractivity contribution in [2.24, 2.45) is 0 Å². The fraction of sp³-hybridized carbons (Fsp3) is 0.571. The highest BCUT2D eigenvalue weighted by molar-refractivity contribution is 5.84. The lowest BCUT2D eigenvalue weighted by Gasteiger charge is -2.17. The van der Waals surface area contributed by atoms with Crippen molar-refractivity contribution >= 4 is 16.8 Å². The highest BCUT2D eigenvalue weighted by atomic mass is 16.2. The maximum absolute atomic E-state index is 12.8. The number of hydrogen-bond donors (Lipinski definition) is 2. The Balaban J connectivity index is 1.49. The van der Waals surface area contributed by atoms with Gasteiger partial charge < -0.3 is 15.5 Å². The van der Waals surface area contributed by atoms with Crippen molar-refractivity contribution in [3.8, 4) is 0 Å². The molecule has 0 atom stereocenters. The Kier molecular flexibility index (Phi) is 5.90. The number of nitrogens with one attached hydrogen (secondary N) is 2. The van der Waals surface area contributed by atoms with E-state index in [1.165, 1.54) is 25.7 Å². The van der Waals surface area contributed by atoms with Gasteiger partial charge in [-0.15, -0.1) is 0 Å². The number of nitrogens with zero attached hydrogens (tertiary/aromatic N) is 3. The Morgan fingerprint density at radius 1 is 1.04 bits per heavy atom. The van der Waals surface area contributed by atoms with Gasteiger partial charge in [0, 0.05) is 18.0 Å². The van der Waals surface area contributed by atoms with Crippen LogP contribution in [0.3, 0.4) is 0 Å². The molecule has 2 N–H and O–H groups in total. The third-order valence-electron chi connectivity index (χ3n) is 5.88. The Labute approximate surface area is 165 Å². The van der Waals surface area contributed by atoms with Crippen LogP contribution in [0.1, 0.15) is 44.2 Å². The third-order valence-corrected chi connectivity index (χ3v) is 5.88. The van der Waals surface area contributed by atoms with E-state index in [9.17, 15) is 9.59 Å². The molecule has 7 heteroatoms. The molecule has 1 aliphatic carbocycles. The molecule has 7 nitrogen and oxygen atoms in total. The quantitative estimate of drug-likeness (QED) is 0.802. The van der Waals surface area contributed by atoms with E-state index in [1.54, 1.807) is 4.68 Å². The van der Waals surface area contributed by atoms with Gasteiger partial charge in [0.2, 0.25) is 0 Å². The van der Waals surface area contributed by atoms with Gasteiger partial charge >= 0.3 is 6.03 Å². The highest BCUT2D eigenvalue weighted by Crippen LogP contribution is 2.17. The van der Waals surface area contributed by atoms with E-state index >= 15 is 0 Å². The SMILES string of the molecule is O=C(NCc1nn(CCN2CCCC2)c(=O)c2ccccc12)NC1CCCC1. The summed E-state index contributed by atoms with van der Waals surface area (Å²) in [5.74, 6) is 0. The summed E-state index contributed by atoms with van der Waals surface area (Å²) in [6.45, 7) is 3.91. The Hall–Kier alpha value is -2.41. The molecule has 1 saturated carbocycles. The third kappa shape index (κ3) is 4.35. The molecule has 0 bridgehead atoms. The van der Waals surface area contributed by atoms with E-state index in [0.717, 1.165) is 43.6 Å². The van der Waals surface area contributed by atoms with E-state index in [4.69, 9.17) is 0 Å². The number of aromatic nitrogens is 2. The van der Waals surface area contributed by atoms with Crippen molar-refractivity contribution in [3.63, 3.8) is 0 Å². The molecule has 2 aliphatic rings. The topological polar surface area (TPSA) is 79.3 Å². The number of hydrogen-bond acceptors (Lipinski definition) is 4. The van der Waals surface area contributed by atoms with Gasteiger partial charge in [-0.25, -0.2) is 9.48 Å². The van der Waals surface area contributed by atoms with Crippen molar-refractivity contribution < 1.29 is 4.79 Å². The predicted octanol–water partition coefficient (Wildman–Crippen LogP) is 2.23. The molecule has 1 aliphatic heterocycles. The smallest absolute Gasteiger partial charge is 0.315 e. The molecular weight excluding hydrogens is 354 g/mol. The van der Waals surface area contributed by atoms with Crippen LogP contribution in [0.2, 0.25) is 0 Å². The minimum Gasteiger partial charge on any atom is -0.335 e. The van der Waals surface area contributed by atoms with Crippen LogP contribution in [-0.4, -0.2) is 46.4 Å². The van der Waals surface area contributed by atoms with Crippen LogP contribution in [0.4, 0.5) is 4.79 Å². The number of benzene rings is 1. The van der Waals surface area contributed by atoms with Crippen molar-refractivity contribution in [2.75, 3.05) is 19.6 Å². The van der Waals surface area contributed by atoms with E-state index in [-0.39, 0.29) is 17.6 Å². The lowest BCUT2D eigenvalue weighted by molar-refractivity contribution is 0.236. The van der Waals surface area contributed by atoms with Crippen LogP contribution < -0.4 is 16.2 Å². The van der Waals surface area contributed by atoms with Gasteiger partial charge in [-0.3, -0.25) is 4.79 Å². The molecule has 1 aromatic heterocycles. The summed E-state index contributed by atoms with van der Waals surface area (Å²) in [7, 11) is 0. The lowest BCUT2D eigenvalue weighted by Crippen LogP contribution is -2.41. The second-order valence-electron chi connectivity index (χ2n) is 7.88. The molecule has 1 aromatic carbocycles. The normalized spacial score (nSPS) is 18.0. The molecule has 150 valence electrons. The van der Waals surface area contributed by atoms with Crippen molar-refractivity contribution in [1.82, 2.24) is 25.3 Å². The first kappa shape index (κ1) is 18.9. The number of urea groups is 1. The Morgan fingerprint density at radius 3 is 2.50 bits per heavy atom. The van der Waals surface area contributed by atoms with E-state index < -0.39 is 0 Å². The molecule has 1 saturated heterocycles. The van der Waals surface area contributed by atoms with Gasteiger partial charge in [0.25, 0.3) is 5.56 Å². The molecule has 0 spiro atoms. The van der Waals surface area contributed by atoms with Crippen LogP contribution in [0, 0.1) is 0 Å². The zero-order chi connectivity index (χ0) is 19.3. The fourth-order valence-corrected chi connectivity index (χ4v) is 4.30. The van der Waals surface area contributed by atoms with Gasteiger partial charge in [-0.05, 0) is 44.8 Å². The summed E-state index contributed by atoms with van der Waals surface area (Å²) in [5.41, 5.74) is 0.673. The van der Waals surface area contributed by atoms with Gasteiger partial charge in [0.15, 0.2) is 0 Å². The van der Waals surface area contributed by atoms with E-state index in [0.29, 0.717) is 18.5 Å². The van der Waals surface area contributed by atoms with Gasteiger partial charge in [-0.1, -0.05) is 31.0 Å². The van der Waals surface area contributed by atoms with Crippen LogP contribution in [0.5, 0.6) is 0 Å². The summed E-state index contributed by atoms with van der Waals surface area (Å²) in [4.78, 5) is 27.4. The average Bonchev–Trinajstić information content (AvgIpc) is 3.41. The molecule has 28 heavy (non-hydrogen) atoms. The second kappa shape index (κ2) is 8.73. The first-order valence-electron chi connectivity index (χ1n) is 10.5. The monoisotopic (exact) mass is 383 g/mol. The number of fused-ring (bicyclic) bond motifs is 1. The summed E-state index contributed by atoms with van der Waals surface area (Å²) < 4.78 is 1.56. The Morgan fingerprint density at radius 2 is 1.75 bits per heavy atom. The fourth-order valence-electron chi connectivity index (χ4n) is 4.30. The van der Waals surface area contributed by atoms with Gasteiger partial charge in [0.1, 0.15) is 0 Å². The predicted molar refractivity (Wildman–Crippen MR) is 109 cm³/mol. The molecule has 2 aromatic rings. The molecular formula is C21H29N5O2. The van der Waals surface area contributed by atoms with Gasteiger partial charge in [0.05, 0.1) is 24.2 Å². The second-order valence-corrected chi connectivity index (χ2v) is 7.88. The van der Waals surface area contributed by atoms with Gasteiger partial charge in [-0.2, -0.15) is 5.10 Å². The maximum Gasteiger partial charge on any atom is 0.315 e. The number of amides is 2. The van der Waals surface area contributed by atoms with Crippen LogP contribution in [-0.2, 0) is 13.1 Å². The minimum absolute atomic E-state index is 0.0612. The maximum atomic E-state index is 12.8. The number of likely N-dealkylation sites (tertiary alicyclic amines) is 1. The minimum atomic E-state index is -0.160. The zero-order valence-corrected chi connectivity index (χ0v) is 16.3. The Bertz CT molecular complexity index is 882. The molecule has 2 amide bonds. The number of carbonyl (C=O) groups is 1. The lowest BCUT2D eigenvalue weighted by atomic mass is 10.1. The van der Waals surface area contributed by atoms with Crippen LogP contribution >= 0.6 is 0 Å². The number of carbonyl (C=O) groups excluding carboxylic acids is 1. The first-order chi connectivity index (χ1) is 13.7. The molecule has 2 heterocycles. The largest absolute Gasteiger partial charge is 0.335 e. The summed E-state index contributed by atoms with van der Waals surface area (Å²) in [6.07, 6.45) is 6.92. The summed E-state index contributed by atoms with van der Waals surface area (Å²) in [5, 5.41) is 12.0. The summed E-state index contributed by atoms with van der Waals surface area (Å²) in [6, 6.07) is 7.64. The average molecular weight is 383 g/mol. The van der Waals surface area contributed by atoms with Crippen LogP contribution in [0.15, 0.2) is 29.1 Å². The summed E-state index contributed by atoms with van der Waals surface area (Å²) >= 11 is 0. The van der Waals surface area contributed by atoms with Crippen molar-refractivity contribution in [2.45, 2.75) is 57.7 Å². The van der Waals surface area contributed by atoms with Crippen molar-refractivity contribution in [1.29, 1.82) is 0 Å². The van der Waals surface area contributed by atoms with Crippen molar-refractivity contribution in [3.05, 3.63) is 40.3 Å². The molecule has 4 rings (SSSR count).